The molecule has 0 aliphatic heterocycles. The van der Waals surface area contributed by atoms with Gasteiger partial charge in [-0.3, -0.25) is 13.9 Å². The van der Waals surface area contributed by atoms with Crippen molar-refractivity contribution in [1.82, 2.24) is 10.2 Å². The highest BCUT2D eigenvalue weighted by molar-refractivity contribution is 7.92. The van der Waals surface area contributed by atoms with Gasteiger partial charge in [0.25, 0.3) is 10.0 Å². The third-order valence-corrected chi connectivity index (χ3v) is 8.40. The van der Waals surface area contributed by atoms with Crippen LogP contribution in [0.1, 0.15) is 38.8 Å². The Hall–Kier alpha value is -3.36. The van der Waals surface area contributed by atoms with Crippen LogP contribution in [0.3, 0.4) is 0 Å². The van der Waals surface area contributed by atoms with Crippen molar-refractivity contribution >= 4 is 39.1 Å². The number of carbonyl (C=O) groups excluding carboxylic acids is 2. The summed E-state index contributed by atoms with van der Waals surface area (Å²) in [5, 5.41) is 3.43. The maximum Gasteiger partial charge on any atom is 0.264 e. The molecule has 0 heterocycles. The molecule has 0 aliphatic carbocycles. The number of halogens is 1. The number of carbonyl (C=O) groups is 2. The number of nitrogens with one attached hydrogen (secondary N) is 1. The van der Waals surface area contributed by atoms with Crippen LogP contribution in [0.5, 0.6) is 0 Å². The summed E-state index contributed by atoms with van der Waals surface area (Å²) in [7, 11) is -4.08. The molecule has 1 atom stereocenters. The lowest BCUT2D eigenvalue weighted by Gasteiger charge is -2.32. The van der Waals surface area contributed by atoms with E-state index in [-0.39, 0.29) is 23.3 Å². The van der Waals surface area contributed by atoms with Crippen molar-refractivity contribution in [2.45, 2.75) is 51.6 Å². The molecule has 9 heteroatoms. The van der Waals surface area contributed by atoms with Crippen LogP contribution in [-0.2, 0) is 32.6 Å². The fourth-order valence-electron chi connectivity index (χ4n) is 3.97. The van der Waals surface area contributed by atoms with Gasteiger partial charge in [0.2, 0.25) is 11.8 Å². The van der Waals surface area contributed by atoms with E-state index in [1.807, 2.05) is 32.9 Å². The summed E-state index contributed by atoms with van der Waals surface area (Å²) >= 11 is 6.04. The number of rotatable bonds is 12. The fraction of sp³-hybridized carbons (Fsp3) is 0.333. The summed E-state index contributed by atoms with van der Waals surface area (Å²) in [6, 6.07) is 21.3. The highest BCUT2D eigenvalue weighted by Crippen LogP contribution is 2.25. The van der Waals surface area contributed by atoms with Crippen LogP contribution >= 0.6 is 11.6 Å². The van der Waals surface area contributed by atoms with Crippen molar-refractivity contribution in [3.8, 4) is 0 Å². The molecule has 3 rings (SSSR count). The van der Waals surface area contributed by atoms with Crippen molar-refractivity contribution in [1.29, 1.82) is 0 Å². The molecule has 2 amide bonds. The van der Waals surface area contributed by atoms with Crippen LogP contribution in [-0.4, -0.2) is 44.3 Å². The molecule has 3 aromatic carbocycles. The predicted octanol–water partition coefficient (Wildman–Crippen LogP) is 5.29. The van der Waals surface area contributed by atoms with Gasteiger partial charge >= 0.3 is 0 Å². The molecule has 0 bridgehead atoms. The molecule has 7 nitrogen and oxygen atoms in total. The van der Waals surface area contributed by atoms with Gasteiger partial charge < -0.3 is 10.2 Å². The molecule has 3 aromatic rings. The van der Waals surface area contributed by atoms with Crippen LogP contribution in [0.4, 0.5) is 5.69 Å². The van der Waals surface area contributed by atoms with Crippen LogP contribution < -0.4 is 9.62 Å². The lowest BCUT2D eigenvalue weighted by atomic mass is 10.1. The van der Waals surface area contributed by atoms with E-state index in [1.54, 1.807) is 61.5 Å². The Bertz CT molecular complexity index is 1350. The average Bonchev–Trinajstić information content (AvgIpc) is 2.94. The Labute approximate surface area is 236 Å². The largest absolute Gasteiger partial charge is 0.354 e. The lowest BCUT2D eigenvalue weighted by molar-refractivity contribution is -0.139. The number of amides is 2. The summed E-state index contributed by atoms with van der Waals surface area (Å²) in [4.78, 5) is 28.4. The third-order valence-electron chi connectivity index (χ3n) is 6.36. The maximum absolute atomic E-state index is 13.9. The molecule has 0 saturated heterocycles. The Balaban J connectivity index is 1.99. The topological polar surface area (TPSA) is 86.8 Å². The maximum atomic E-state index is 13.9. The summed E-state index contributed by atoms with van der Waals surface area (Å²) in [6.45, 7) is 7.73. The molecule has 0 unspecified atom stereocenters. The van der Waals surface area contributed by atoms with Crippen molar-refractivity contribution < 1.29 is 18.0 Å². The van der Waals surface area contributed by atoms with Crippen molar-refractivity contribution in [3.63, 3.8) is 0 Å². The molecule has 208 valence electrons. The van der Waals surface area contributed by atoms with Gasteiger partial charge in [0, 0.05) is 18.1 Å². The first-order valence-corrected chi connectivity index (χ1v) is 14.8. The minimum atomic E-state index is -4.08. The highest BCUT2D eigenvalue weighted by Gasteiger charge is 2.32. The Morgan fingerprint density at radius 2 is 1.46 bits per heavy atom. The number of hydrogen-bond donors (Lipinski definition) is 1. The molecular formula is C30H36ClN3O4S. The summed E-state index contributed by atoms with van der Waals surface area (Å²) in [5.74, 6) is -0.578. The van der Waals surface area contributed by atoms with E-state index in [2.05, 4.69) is 5.32 Å². The number of anilines is 1. The molecule has 39 heavy (non-hydrogen) atoms. The second-order valence-corrected chi connectivity index (χ2v) is 12.1. The smallest absolute Gasteiger partial charge is 0.264 e. The Morgan fingerprint density at radius 3 is 2.03 bits per heavy atom. The average molecular weight is 570 g/mol. The Kier molecular flexibility index (Phi) is 10.5. The number of aryl methyl sites for hydroxylation is 1. The SMILES string of the molecule is CCc1ccc(N(CC(=O)N(Cc2ccc(Cl)cc2)[C@H](C)C(=O)NCC(C)C)S(=O)(=O)c2ccccc2)cc1. The number of nitrogens with zero attached hydrogens (tertiary/aromatic N) is 2. The highest BCUT2D eigenvalue weighted by atomic mass is 35.5. The normalized spacial score (nSPS) is 12.2. The first-order valence-electron chi connectivity index (χ1n) is 13.0. The molecule has 0 aromatic heterocycles. The van der Waals surface area contributed by atoms with Gasteiger partial charge in [-0.05, 0) is 66.8 Å². The first kappa shape index (κ1) is 30.2. The van der Waals surface area contributed by atoms with E-state index in [4.69, 9.17) is 11.6 Å². The second kappa shape index (κ2) is 13.6. The van der Waals surface area contributed by atoms with E-state index in [0.29, 0.717) is 17.3 Å². The van der Waals surface area contributed by atoms with Crippen molar-refractivity contribution in [2.75, 3.05) is 17.4 Å². The molecule has 0 radical (unpaired) electrons. The summed E-state index contributed by atoms with van der Waals surface area (Å²) < 4.78 is 28.7. The van der Waals surface area contributed by atoms with Crippen LogP contribution in [0.15, 0.2) is 83.8 Å². The molecule has 0 saturated carbocycles. The van der Waals surface area contributed by atoms with Crippen LogP contribution in [0, 0.1) is 5.92 Å². The predicted molar refractivity (Wildman–Crippen MR) is 156 cm³/mol. The zero-order chi connectivity index (χ0) is 28.6. The number of sulfonamides is 1. The van der Waals surface area contributed by atoms with Gasteiger partial charge in [0.05, 0.1) is 10.6 Å². The van der Waals surface area contributed by atoms with E-state index in [9.17, 15) is 18.0 Å². The van der Waals surface area contributed by atoms with Gasteiger partial charge in [-0.15, -0.1) is 0 Å². The minimum absolute atomic E-state index is 0.0735. The molecule has 0 aliphatic rings. The quantitative estimate of drug-likeness (QED) is 0.321. The van der Waals surface area contributed by atoms with Gasteiger partial charge in [0.15, 0.2) is 0 Å². The number of benzene rings is 3. The third kappa shape index (κ3) is 8.07. The fourth-order valence-corrected chi connectivity index (χ4v) is 5.53. The molecule has 0 spiro atoms. The molecule has 0 fully saturated rings. The van der Waals surface area contributed by atoms with Gasteiger partial charge in [-0.2, -0.15) is 0 Å². The monoisotopic (exact) mass is 569 g/mol. The second-order valence-electron chi connectivity index (χ2n) is 9.81. The van der Waals surface area contributed by atoms with Crippen LogP contribution in [0.2, 0.25) is 5.02 Å². The van der Waals surface area contributed by atoms with E-state index >= 15 is 0 Å². The van der Waals surface area contributed by atoms with Crippen LogP contribution in [0.25, 0.3) is 0 Å². The first-order chi connectivity index (χ1) is 18.5. The van der Waals surface area contributed by atoms with Crippen molar-refractivity contribution in [3.05, 3.63) is 95.0 Å². The van der Waals surface area contributed by atoms with Gasteiger partial charge in [-0.25, -0.2) is 8.42 Å². The number of hydrogen-bond acceptors (Lipinski definition) is 4. The van der Waals surface area contributed by atoms with Gasteiger partial charge in [-0.1, -0.05) is 74.8 Å². The van der Waals surface area contributed by atoms with Gasteiger partial charge in [0.1, 0.15) is 12.6 Å². The minimum Gasteiger partial charge on any atom is -0.354 e. The standard InChI is InChI=1S/C30H36ClN3O4S/c1-5-24-13-17-27(18-14-24)34(39(37,38)28-9-7-6-8-10-28)21-29(35)33(20-25-11-15-26(31)16-12-25)23(4)30(36)32-19-22(2)3/h6-18,22-23H,5,19-21H2,1-4H3,(H,32,36)/t23-/m1/s1. The molecule has 1 N–H and O–H groups in total. The Morgan fingerprint density at radius 1 is 0.872 bits per heavy atom. The summed E-state index contributed by atoms with van der Waals surface area (Å²) in [5.41, 5.74) is 2.18. The van der Waals surface area contributed by atoms with E-state index in [1.165, 1.54) is 17.0 Å². The lowest BCUT2D eigenvalue weighted by Crippen LogP contribution is -2.51. The van der Waals surface area contributed by atoms with E-state index < -0.39 is 28.5 Å². The van der Waals surface area contributed by atoms with E-state index in [0.717, 1.165) is 21.9 Å². The molecular weight excluding hydrogens is 534 g/mol. The zero-order valence-electron chi connectivity index (χ0n) is 22.8. The van der Waals surface area contributed by atoms with Crippen molar-refractivity contribution in [2.24, 2.45) is 5.92 Å². The zero-order valence-corrected chi connectivity index (χ0v) is 24.4. The summed E-state index contributed by atoms with van der Waals surface area (Å²) in [6.07, 6.45) is 0.794.